The Kier molecular flexibility index (Phi) is 4.65. The van der Waals surface area contributed by atoms with Gasteiger partial charge < -0.3 is 20.0 Å². The van der Waals surface area contributed by atoms with E-state index in [2.05, 4.69) is 20.2 Å². The van der Waals surface area contributed by atoms with Crippen LogP contribution < -0.4 is 10.9 Å². The van der Waals surface area contributed by atoms with E-state index in [4.69, 9.17) is 9.72 Å². The van der Waals surface area contributed by atoms with Crippen LogP contribution in [0.5, 0.6) is 0 Å². The number of pyridine rings is 1. The maximum atomic E-state index is 13.9. The molecule has 0 bridgehead atoms. The fourth-order valence-electron chi connectivity index (χ4n) is 4.07. The van der Waals surface area contributed by atoms with E-state index in [-0.39, 0.29) is 11.4 Å². The number of aromatic amines is 2. The molecule has 0 amide bonds. The first kappa shape index (κ1) is 18.1. The van der Waals surface area contributed by atoms with Crippen LogP contribution in [0.25, 0.3) is 32.6 Å². The number of H-pyrrole nitrogens is 2. The molecule has 1 aliphatic rings. The second-order valence-electron chi connectivity index (χ2n) is 7.33. The predicted molar refractivity (Wildman–Crippen MR) is 112 cm³/mol. The minimum atomic E-state index is -0.373. The van der Waals surface area contributed by atoms with Crippen molar-refractivity contribution in [3.05, 3.63) is 46.6 Å². The van der Waals surface area contributed by atoms with E-state index in [1.807, 2.05) is 6.07 Å². The Morgan fingerprint density at radius 1 is 1.17 bits per heavy atom. The van der Waals surface area contributed by atoms with Crippen molar-refractivity contribution in [1.82, 2.24) is 19.9 Å². The van der Waals surface area contributed by atoms with Gasteiger partial charge in [0.05, 0.1) is 29.6 Å². The molecular weight excluding hydrogens is 373 g/mol. The molecule has 0 unspecified atom stereocenters. The Labute approximate surface area is 165 Å². The monoisotopic (exact) mass is 395 g/mol. The highest BCUT2D eigenvalue weighted by Gasteiger charge is 2.15. The highest BCUT2D eigenvalue weighted by molar-refractivity contribution is 6.23. The molecule has 0 spiro atoms. The maximum Gasteiger partial charge on any atom is 0.256 e. The zero-order chi connectivity index (χ0) is 19.8. The van der Waals surface area contributed by atoms with Crippen molar-refractivity contribution in [1.29, 1.82) is 0 Å². The van der Waals surface area contributed by atoms with Crippen LogP contribution in [-0.4, -0.2) is 59.2 Å². The molecule has 0 radical (unpaired) electrons. The molecule has 2 aromatic carbocycles. The van der Waals surface area contributed by atoms with Gasteiger partial charge in [0.25, 0.3) is 5.56 Å². The first-order valence-corrected chi connectivity index (χ1v) is 9.87. The minimum absolute atomic E-state index is 0.247. The van der Waals surface area contributed by atoms with Crippen LogP contribution in [0, 0.1) is 5.82 Å². The molecule has 150 valence electrons. The molecule has 1 saturated heterocycles. The van der Waals surface area contributed by atoms with E-state index in [1.54, 1.807) is 12.3 Å². The largest absolute Gasteiger partial charge is 0.379 e. The van der Waals surface area contributed by atoms with Crippen molar-refractivity contribution < 1.29 is 9.13 Å². The SMILES string of the molecule is O=c1[nH]ccc2c3nc(NCCCN4CCOCC4)[nH]c3c3ccc(F)cc3c12. The minimum Gasteiger partial charge on any atom is -0.379 e. The van der Waals surface area contributed by atoms with Gasteiger partial charge in [-0.1, -0.05) is 0 Å². The molecule has 1 aliphatic heterocycles. The highest BCUT2D eigenvalue weighted by Crippen LogP contribution is 2.33. The Morgan fingerprint density at radius 3 is 2.90 bits per heavy atom. The number of aromatic nitrogens is 3. The molecule has 0 saturated carbocycles. The molecule has 3 N–H and O–H groups in total. The number of morpholine rings is 1. The summed E-state index contributed by atoms with van der Waals surface area (Å²) in [5, 5.41) is 5.87. The van der Waals surface area contributed by atoms with Gasteiger partial charge in [-0.2, -0.15) is 0 Å². The first-order valence-electron chi connectivity index (χ1n) is 9.87. The summed E-state index contributed by atoms with van der Waals surface area (Å²) < 4.78 is 19.3. The quantitative estimate of drug-likeness (QED) is 0.357. The molecular formula is C21H22FN5O2. The highest BCUT2D eigenvalue weighted by atomic mass is 19.1. The van der Waals surface area contributed by atoms with Gasteiger partial charge in [0.15, 0.2) is 0 Å². The summed E-state index contributed by atoms with van der Waals surface area (Å²) in [4.78, 5) is 25.6. The molecule has 3 heterocycles. The van der Waals surface area contributed by atoms with Gasteiger partial charge in [0.1, 0.15) is 5.82 Å². The lowest BCUT2D eigenvalue weighted by molar-refractivity contribution is 0.0378. The fourth-order valence-corrected chi connectivity index (χ4v) is 4.07. The summed E-state index contributed by atoms with van der Waals surface area (Å²) in [6.07, 6.45) is 2.59. The van der Waals surface area contributed by atoms with E-state index in [1.165, 1.54) is 12.1 Å². The first-order chi connectivity index (χ1) is 14.2. The number of halogens is 1. The van der Waals surface area contributed by atoms with Crippen LogP contribution in [0.15, 0.2) is 35.3 Å². The second kappa shape index (κ2) is 7.46. The number of nitrogens with zero attached hydrogens (tertiary/aromatic N) is 2. The average molecular weight is 395 g/mol. The van der Waals surface area contributed by atoms with Crippen LogP contribution in [-0.2, 0) is 4.74 Å². The van der Waals surface area contributed by atoms with E-state index < -0.39 is 0 Å². The topological polar surface area (TPSA) is 86.0 Å². The molecule has 0 aliphatic carbocycles. The zero-order valence-corrected chi connectivity index (χ0v) is 15.9. The summed E-state index contributed by atoms with van der Waals surface area (Å²) in [5.41, 5.74) is 1.26. The van der Waals surface area contributed by atoms with Crippen molar-refractivity contribution in [2.45, 2.75) is 6.42 Å². The normalized spacial score (nSPS) is 15.5. The maximum absolute atomic E-state index is 13.9. The fraction of sp³-hybridized carbons (Fsp3) is 0.333. The number of ether oxygens (including phenoxy) is 1. The summed E-state index contributed by atoms with van der Waals surface area (Å²) in [6, 6.07) is 6.31. The predicted octanol–water partition coefficient (Wildman–Crippen LogP) is 2.83. The third-order valence-corrected chi connectivity index (χ3v) is 5.49. The van der Waals surface area contributed by atoms with Crippen LogP contribution in [0.4, 0.5) is 10.3 Å². The number of fused-ring (bicyclic) bond motifs is 6. The summed E-state index contributed by atoms with van der Waals surface area (Å²) in [6.45, 7) is 5.36. The van der Waals surface area contributed by atoms with Gasteiger partial charge in [-0.05, 0) is 37.2 Å². The molecule has 4 aromatic rings. The average Bonchev–Trinajstić information content (AvgIpc) is 3.16. The lowest BCUT2D eigenvalue weighted by Gasteiger charge is -2.26. The second-order valence-corrected chi connectivity index (χ2v) is 7.33. The van der Waals surface area contributed by atoms with Gasteiger partial charge in [0.2, 0.25) is 5.95 Å². The van der Waals surface area contributed by atoms with Crippen LogP contribution in [0.1, 0.15) is 6.42 Å². The van der Waals surface area contributed by atoms with Crippen molar-refractivity contribution >= 4 is 38.5 Å². The molecule has 29 heavy (non-hydrogen) atoms. The standard InChI is InChI=1S/C21H22FN5O2/c22-13-2-3-14-16(12-13)17-15(4-6-23-20(17)28)19-18(14)25-21(26-19)24-5-1-7-27-8-10-29-11-9-27/h2-4,6,12H,1,5,7-11H2,(H,23,28)(H2,24,25,26). The lowest BCUT2D eigenvalue weighted by Crippen LogP contribution is -2.37. The van der Waals surface area contributed by atoms with E-state index in [0.29, 0.717) is 27.6 Å². The van der Waals surface area contributed by atoms with E-state index in [0.717, 1.165) is 56.7 Å². The van der Waals surface area contributed by atoms with Crippen LogP contribution >= 0.6 is 0 Å². The van der Waals surface area contributed by atoms with Crippen LogP contribution in [0.3, 0.4) is 0 Å². The van der Waals surface area contributed by atoms with Gasteiger partial charge in [-0.25, -0.2) is 9.37 Å². The molecule has 1 fully saturated rings. The molecule has 2 aromatic heterocycles. The number of imidazole rings is 1. The van der Waals surface area contributed by atoms with Gasteiger partial charge >= 0.3 is 0 Å². The summed E-state index contributed by atoms with van der Waals surface area (Å²) in [7, 11) is 0. The van der Waals surface area contributed by atoms with Crippen LogP contribution in [0.2, 0.25) is 0 Å². The third-order valence-electron chi connectivity index (χ3n) is 5.49. The van der Waals surface area contributed by atoms with E-state index >= 15 is 0 Å². The Hall–Kier alpha value is -2.97. The van der Waals surface area contributed by atoms with Gasteiger partial charge in [-0.15, -0.1) is 0 Å². The van der Waals surface area contributed by atoms with Crippen molar-refractivity contribution in [3.8, 4) is 0 Å². The number of anilines is 1. The lowest BCUT2D eigenvalue weighted by atomic mass is 10.0. The van der Waals surface area contributed by atoms with Gasteiger partial charge in [-0.3, -0.25) is 9.69 Å². The van der Waals surface area contributed by atoms with Crippen molar-refractivity contribution in [2.24, 2.45) is 0 Å². The molecule has 0 atom stereocenters. The Morgan fingerprint density at radius 2 is 2.03 bits per heavy atom. The number of hydrogen-bond donors (Lipinski definition) is 3. The van der Waals surface area contributed by atoms with Gasteiger partial charge in [0, 0.05) is 42.0 Å². The van der Waals surface area contributed by atoms with E-state index in [9.17, 15) is 9.18 Å². The number of nitrogens with one attached hydrogen (secondary N) is 3. The molecule has 8 heteroatoms. The summed E-state index contributed by atoms with van der Waals surface area (Å²) >= 11 is 0. The number of rotatable bonds is 5. The van der Waals surface area contributed by atoms with Crippen molar-refractivity contribution in [3.63, 3.8) is 0 Å². The third kappa shape index (κ3) is 3.34. The Bertz CT molecular complexity index is 1240. The van der Waals surface area contributed by atoms with Crippen molar-refractivity contribution in [2.75, 3.05) is 44.7 Å². The number of hydrogen-bond acceptors (Lipinski definition) is 5. The zero-order valence-electron chi connectivity index (χ0n) is 15.9. The molecule has 5 rings (SSSR count). The number of benzene rings is 2. The smallest absolute Gasteiger partial charge is 0.256 e. The summed E-state index contributed by atoms with van der Waals surface area (Å²) in [5.74, 6) is 0.280. The molecule has 7 nitrogen and oxygen atoms in total. The Balaban J connectivity index is 1.48.